The number of rotatable bonds is 0. The van der Waals surface area contributed by atoms with Gasteiger partial charge in [0.1, 0.15) is 6.10 Å². The fourth-order valence-electron chi connectivity index (χ4n) is 3.58. The molecule has 90 valence electrons. The lowest BCUT2D eigenvalue weighted by Crippen LogP contribution is -2.16. The second-order valence-corrected chi connectivity index (χ2v) is 5.57. The number of carbonyl (C=O) groups is 1. The van der Waals surface area contributed by atoms with Crippen molar-refractivity contribution in [1.29, 1.82) is 0 Å². The van der Waals surface area contributed by atoms with Gasteiger partial charge in [0.2, 0.25) is 0 Å². The molecule has 0 amide bonds. The Hall–Kier alpha value is -1.31. The maximum Gasteiger partial charge on any atom is 0.334 e. The van der Waals surface area contributed by atoms with Crippen molar-refractivity contribution in [3.63, 3.8) is 0 Å². The molecule has 1 saturated carbocycles. The topological polar surface area (TPSA) is 26.3 Å². The lowest BCUT2D eigenvalue weighted by molar-refractivity contribution is -0.139. The van der Waals surface area contributed by atoms with E-state index in [9.17, 15) is 4.79 Å². The summed E-state index contributed by atoms with van der Waals surface area (Å²) in [6, 6.07) is 0. The van der Waals surface area contributed by atoms with Gasteiger partial charge in [-0.25, -0.2) is 4.79 Å². The maximum atomic E-state index is 11.6. The largest absolute Gasteiger partial charge is 0.458 e. The average molecular weight is 230 g/mol. The van der Waals surface area contributed by atoms with E-state index >= 15 is 0 Å². The number of hydrogen-bond donors (Lipinski definition) is 0. The first-order valence-electron chi connectivity index (χ1n) is 6.32. The maximum absolute atomic E-state index is 11.6. The van der Waals surface area contributed by atoms with Gasteiger partial charge in [-0.1, -0.05) is 30.4 Å². The van der Waals surface area contributed by atoms with E-state index in [0.717, 1.165) is 19.3 Å². The highest BCUT2D eigenvalue weighted by atomic mass is 16.6. The van der Waals surface area contributed by atoms with Gasteiger partial charge in [-0.05, 0) is 31.6 Å². The Balaban J connectivity index is 1.93. The van der Waals surface area contributed by atoms with Crippen LogP contribution in [0.25, 0.3) is 0 Å². The molecule has 0 N–H and O–H groups in total. The number of carbonyl (C=O) groups excluding carboxylic acids is 1. The van der Waals surface area contributed by atoms with E-state index in [0.29, 0.717) is 17.4 Å². The van der Waals surface area contributed by atoms with Crippen molar-refractivity contribution in [2.24, 2.45) is 17.8 Å². The Kier molecular flexibility index (Phi) is 2.29. The van der Waals surface area contributed by atoms with Crippen molar-refractivity contribution in [3.05, 3.63) is 36.0 Å². The summed E-state index contributed by atoms with van der Waals surface area (Å²) in [5.41, 5.74) is 3.37. The molecular weight excluding hydrogens is 212 g/mol. The fourth-order valence-corrected chi connectivity index (χ4v) is 3.58. The van der Waals surface area contributed by atoms with Crippen LogP contribution in [0.1, 0.15) is 26.2 Å². The second-order valence-electron chi connectivity index (χ2n) is 5.57. The van der Waals surface area contributed by atoms with Crippen LogP contribution >= 0.6 is 0 Å². The van der Waals surface area contributed by atoms with E-state index in [2.05, 4.69) is 26.2 Å². The van der Waals surface area contributed by atoms with Crippen LogP contribution in [0.3, 0.4) is 0 Å². The normalized spacial score (nSPS) is 40.5. The summed E-state index contributed by atoms with van der Waals surface area (Å²) in [6.07, 6.45) is 5.25. The van der Waals surface area contributed by atoms with E-state index in [1.165, 1.54) is 11.1 Å². The van der Waals surface area contributed by atoms with Crippen molar-refractivity contribution in [2.75, 3.05) is 0 Å². The van der Waals surface area contributed by atoms with E-state index in [4.69, 9.17) is 4.74 Å². The minimum Gasteiger partial charge on any atom is -0.458 e. The quantitative estimate of drug-likeness (QED) is 0.363. The number of ether oxygens (including phenoxy) is 1. The zero-order valence-electron chi connectivity index (χ0n) is 10.2. The van der Waals surface area contributed by atoms with Crippen molar-refractivity contribution in [3.8, 4) is 0 Å². The third-order valence-corrected chi connectivity index (χ3v) is 4.68. The van der Waals surface area contributed by atoms with Gasteiger partial charge in [-0.15, -0.1) is 0 Å². The lowest BCUT2D eigenvalue weighted by atomic mass is 9.82. The fraction of sp³-hybridized carbons (Fsp3) is 0.533. The highest BCUT2D eigenvalue weighted by molar-refractivity contribution is 5.90. The molecule has 3 aliphatic rings. The van der Waals surface area contributed by atoms with Crippen molar-refractivity contribution < 1.29 is 9.53 Å². The van der Waals surface area contributed by atoms with Gasteiger partial charge in [0, 0.05) is 17.9 Å². The zero-order chi connectivity index (χ0) is 12.2. The van der Waals surface area contributed by atoms with Crippen LogP contribution in [0.5, 0.6) is 0 Å². The Morgan fingerprint density at radius 3 is 2.82 bits per heavy atom. The summed E-state index contributed by atoms with van der Waals surface area (Å²) in [5, 5.41) is 0. The van der Waals surface area contributed by atoms with Crippen LogP contribution in [-0.4, -0.2) is 12.1 Å². The first kappa shape index (κ1) is 10.8. The summed E-state index contributed by atoms with van der Waals surface area (Å²) >= 11 is 0. The van der Waals surface area contributed by atoms with Gasteiger partial charge in [-0.2, -0.15) is 0 Å². The molecule has 0 radical (unpaired) electrons. The van der Waals surface area contributed by atoms with E-state index in [1.54, 1.807) is 0 Å². The van der Waals surface area contributed by atoms with E-state index < -0.39 is 0 Å². The Labute approximate surface area is 102 Å². The Morgan fingerprint density at radius 2 is 2.06 bits per heavy atom. The number of esters is 1. The zero-order valence-corrected chi connectivity index (χ0v) is 10.2. The standard InChI is InChI=1S/C15H18O2/c1-8-4-5-11-9(2)6-14-13(7-12(8)11)10(3)15(16)17-14/h4,11-14H,2-3,5-7H2,1H3/t11-,12-,13+,14-/m0/s1. The summed E-state index contributed by atoms with van der Waals surface area (Å²) < 4.78 is 5.41. The van der Waals surface area contributed by atoms with Crippen LogP contribution < -0.4 is 0 Å². The minimum absolute atomic E-state index is 0.000833. The second kappa shape index (κ2) is 3.59. The van der Waals surface area contributed by atoms with Gasteiger partial charge in [0.15, 0.2) is 0 Å². The third kappa shape index (κ3) is 1.50. The molecule has 2 nitrogen and oxygen atoms in total. The predicted molar refractivity (Wildman–Crippen MR) is 66.2 cm³/mol. The van der Waals surface area contributed by atoms with Gasteiger partial charge in [0.05, 0.1) is 0 Å². The van der Waals surface area contributed by atoms with Crippen molar-refractivity contribution in [2.45, 2.75) is 32.3 Å². The van der Waals surface area contributed by atoms with Crippen LogP contribution in [-0.2, 0) is 9.53 Å². The summed E-state index contributed by atoms with van der Waals surface area (Å²) in [4.78, 5) is 11.6. The van der Waals surface area contributed by atoms with E-state index in [1.807, 2.05) is 0 Å². The highest BCUT2D eigenvalue weighted by Crippen LogP contribution is 2.48. The number of allylic oxidation sites excluding steroid dienone is 2. The Bertz CT molecular complexity index is 444. The molecule has 0 aromatic carbocycles. The molecule has 0 bridgehead atoms. The smallest absolute Gasteiger partial charge is 0.334 e. The SMILES string of the molecule is C=C1C(=O)O[C@H]2CC(=C)[C@@H]3CC=C(C)[C@@H]3C[C@H]12. The van der Waals surface area contributed by atoms with Crippen molar-refractivity contribution in [1.82, 2.24) is 0 Å². The van der Waals surface area contributed by atoms with Gasteiger partial charge < -0.3 is 4.74 Å². The van der Waals surface area contributed by atoms with Crippen LogP contribution in [0.15, 0.2) is 36.0 Å². The highest BCUT2D eigenvalue weighted by Gasteiger charge is 2.45. The first-order chi connectivity index (χ1) is 8.08. The van der Waals surface area contributed by atoms with E-state index in [-0.39, 0.29) is 18.0 Å². The summed E-state index contributed by atoms with van der Waals surface area (Å²) in [5.74, 6) is 1.11. The molecule has 0 aromatic heterocycles. The molecule has 1 saturated heterocycles. The molecular formula is C15H18O2. The monoisotopic (exact) mass is 230 g/mol. The molecule has 1 aliphatic heterocycles. The molecule has 0 unspecified atom stereocenters. The lowest BCUT2D eigenvalue weighted by Gasteiger charge is -2.21. The summed E-state index contributed by atoms with van der Waals surface area (Å²) in [7, 11) is 0. The molecule has 0 aromatic rings. The van der Waals surface area contributed by atoms with Gasteiger partial charge in [-0.3, -0.25) is 0 Å². The minimum atomic E-state index is -0.203. The van der Waals surface area contributed by atoms with Crippen LogP contribution in [0, 0.1) is 17.8 Å². The molecule has 2 fully saturated rings. The molecule has 1 heterocycles. The van der Waals surface area contributed by atoms with Crippen LogP contribution in [0.4, 0.5) is 0 Å². The van der Waals surface area contributed by atoms with Crippen LogP contribution in [0.2, 0.25) is 0 Å². The molecule has 3 rings (SSSR count). The molecule has 0 spiro atoms. The van der Waals surface area contributed by atoms with Gasteiger partial charge in [0.25, 0.3) is 0 Å². The molecule has 2 heteroatoms. The number of fused-ring (bicyclic) bond motifs is 2. The van der Waals surface area contributed by atoms with Crippen molar-refractivity contribution >= 4 is 5.97 Å². The molecule has 17 heavy (non-hydrogen) atoms. The van der Waals surface area contributed by atoms with Gasteiger partial charge >= 0.3 is 5.97 Å². The third-order valence-electron chi connectivity index (χ3n) is 4.68. The first-order valence-corrected chi connectivity index (χ1v) is 6.32. The predicted octanol–water partition coefficient (Wildman–Crippen LogP) is 3.02. The molecule has 2 aliphatic carbocycles. The average Bonchev–Trinajstić information content (AvgIpc) is 2.71. The summed E-state index contributed by atoms with van der Waals surface area (Å²) in [6.45, 7) is 10.3. The number of hydrogen-bond acceptors (Lipinski definition) is 2. The Morgan fingerprint density at radius 1 is 1.29 bits per heavy atom. The molecule has 4 atom stereocenters.